The second kappa shape index (κ2) is 7.73. The fraction of sp³-hybridized carbons (Fsp3) is 0.471. The van der Waals surface area contributed by atoms with E-state index in [4.69, 9.17) is 9.47 Å². The lowest BCUT2D eigenvalue weighted by Crippen LogP contribution is -2.28. The van der Waals surface area contributed by atoms with Gasteiger partial charge < -0.3 is 9.47 Å². The third kappa shape index (κ3) is 4.41. The number of carbonyl (C=O) groups is 1. The van der Waals surface area contributed by atoms with Gasteiger partial charge in [0.2, 0.25) is 0 Å². The van der Waals surface area contributed by atoms with Crippen LogP contribution in [-0.2, 0) is 9.47 Å². The highest BCUT2D eigenvalue weighted by atomic mass is 16.7. The summed E-state index contributed by atoms with van der Waals surface area (Å²) in [4.78, 5) is 11.5. The van der Waals surface area contributed by atoms with Crippen LogP contribution in [0.1, 0.15) is 50.7 Å². The van der Waals surface area contributed by atoms with Gasteiger partial charge in [0.1, 0.15) is 12.2 Å². The zero-order valence-electron chi connectivity index (χ0n) is 12.0. The van der Waals surface area contributed by atoms with Gasteiger partial charge in [0.15, 0.2) is 0 Å². The van der Waals surface area contributed by atoms with Crippen molar-refractivity contribution in [3.63, 3.8) is 0 Å². The summed E-state index contributed by atoms with van der Waals surface area (Å²) in [5, 5.41) is 0. The molecule has 3 nitrogen and oxygen atoms in total. The minimum atomic E-state index is -0.576. The van der Waals surface area contributed by atoms with Crippen molar-refractivity contribution in [3.8, 4) is 0 Å². The van der Waals surface area contributed by atoms with Gasteiger partial charge in [-0.15, -0.1) is 0 Å². The van der Waals surface area contributed by atoms with Gasteiger partial charge in [0, 0.05) is 6.42 Å². The molecular weight excluding hydrogens is 252 g/mol. The van der Waals surface area contributed by atoms with Crippen LogP contribution in [0.2, 0.25) is 0 Å². The summed E-state index contributed by atoms with van der Waals surface area (Å²) in [7, 11) is 0. The molecule has 1 aromatic carbocycles. The van der Waals surface area contributed by atoms with E-state index in [0.29, 0.717) is 6.42 Å². The van der Waals surface area contributed by atoms with Crippen molar-refractivity contribution in [1.82, 2.24) is 0 Å². The molecule has 0 N–H and O–H groups in total. The number of cyclic esters (lactones) is 2. The Hall–Kier alpha value is -1.77. The molecule has 1 aromatic rings. The van der Waals surface area contributed by atoms with Crippen LogP contribution in [0.25, 0.3) is 0 Å². The third-order valence-corrected chi connectivity index (χ3v) is 3.43. The first-order valence-electron chi connectivity index (χ1n) is 7.38. The zero-order valence-corrected chi connectivity index (χ0v) is 12.0. The van der Waals surface area contributed by atoms with E-state index in [1.54, 1.807) is 0 Å². The number of benzene rings is 1. The van der Waals surface area contributed by atoms with E-state index in [-0.39, 0.29) is 12.2 Å². The molecule has 0 amide bonds. The number of hydrogen-bond acceptors (Lipinski definition) is 3. The Morgan fingerprint density at radius 1 is 1.20 bits per heavy atom. The van der Waals surface area contributed by atoms with Crippen LogP contribution < -0.4 is 0 Å². The summed E-state index contributed by atoms with van der Waals surface area (Å²) in [6.07, 6.45) is 8.51. The molecule has 1 heterocycles. The van der Waals surface area contributed by atoms with Crippen molar-refractivity contribution in [1.29, 1.82) is 0 Å². The first kappa shape index (κ1) is 14.6. The molecule has 0 saturated carbocycles. The van der Waals surface area contributed by atoms with Crippen LogP contribution in [0.15, 0.2) is 42.5 Å². The smallest absolute Gasteiger partial charge is 0.427 e. The largest absolute Gasteiger partial charge is 0.509 e. The Morgan fingerprint density at radius 2 is 2.00 bits per heavy atom. The van der Waals surface area contributed by atoms with Crippen LogP contribution in [0, 0.1) is 0 Å². The fourth-order valence-electron chi connectivity index (χ4n) is 2.32. The summed E-state index contributed by atoms with van der Waals surface area (Å²) in [5.74, 6) is 0. The Bertz CT molecular complexity index is 439. The molecule has 0 aromatic heterocycles. The molecule has 1 unspecified atom stereocenters. The summed E-state index contributed by atoms with van der Waals surface area (Å²) < 4.78 is 10.4. The van der Waals surface area contributed by atoms with E-state index in [1.165, 1.54) is 19.3 Å². The maximum Gasteiger partial charge on any atom is 0.509 e. The molecule has 2 rings (SSSR count). The average Bonchev–Trinajstić information content (AvgIpc) is 2.47. The van der Waals surface area contributed by atoms with Crippen LogP contribution in [-0.4, -0.2) is 12.3 Å². The standard InChI is InChI=1S/C17H22O3/c1-2-3-4-5-9-12-15-13-16(20-17(18)19-15)14-10-7-6-8-11-14/h6-12,15-16H,2-5,13H2,1H3/b12-9+/t15?,16-/m0/s1. The molecular formula is C17H22O3. The second-order valence-electron chi connectivity index (χ2n) is 5.08. The van der Waals surface area contributed by atoms with Gasteiger partial charge in [-0.05, 0) is 24.5 Å². The van der Waals surface area contributed by atoms with E-state index in [2.05, 4.69) is 13.0 Å². The maximum atomic E-state index is 11.5. The highest BCUT2D eigenvalue weighted by Crippen LogP contribution is 2.29. The van der Waals surface area contributed by atoms with Crippen LogP contribution in [0.4, 0.5) is 4.79 Å². The molecule has 0 radical (unpaired) electrons. The Labute approximate surface area is 120 Å². The predicted molar refractivity (Wildman–Crippen MR) is 78.4 cm³/mol. The fourth-order valence-corrected chi connectivity index (χ4v) is 2.32. The van der Waals surface area contributed by atoms with Crippen molar-refractivity contribution < 1.29 is 14.3 Å². The molecule has 0 aliphatic carbocycles. The molecule has 2 atom stereocenters. The minimum Gasteiger partial charge on any atom is -0.427 e. The molecule has 108 valence electrons. The average molecular weight is 274 g/mol. The van der Waals surface area contributed by atoms with Crippen molar-refractivity contribution in [2.24, 2.45) is 0 Å². The number of carbonyl (C=O) groups excluding carboxylic acids is 1. The monoisotopic (exact) mass is 274 g/mol. The summed E-state index contributed by atoms with van der Waals surface area (Å²) in [6, 6.07) is 9.81. The minimum absolute atomic E-state index is 0.178. The van der Waals surface area contributed by atoms with E-state index < -0.39 is 6.16 Å². The normalized spacial score (nSPS) is 22.6. The third-order valence-electron chi connectivity index (χ3n) is 3.43. The number of rotatable bonds is 6. The lowest BCUT2D eigenvalue weighted by molar-refractivity contribution is -0.0464. The van der Waals surface area contributed by atoms with E-state index >= 15 is 0 Å². The SMILES string of the molecule is CCCCC/C=C/C1C[C@@H](c2ccccc2)OC(=O)O1. The first-order valence-corrected chi connectivity index (χ1v) is 7.38. The predicted octanol–water partition coefficient (Wildman–Crippen LogP) is 4.79. The van der Waals surface area contributed by atoms with Crippen LogP contribution in [0.3, 0.4) is 0 Å². The Morgan fingerprint density at radius 3 is 2.75 bits per heavy atom. The van der Waals surface area contributed by atoms with E-state index in [0.717, 1.165) is 12.0 Å². The number of allylic oxidation sites excluding steroid dienone is 1. The lowest BCUT2D eigenvalue weighted by atomic mass is 10.0. The van der Waals surface area contributed by atoms with Crippen molar-refractivity contribution in [2.75, 3.05) is 0 Å². The quantitative estimate of drug-likeness (QED) is 0.425. The van der Waals surface area contributed by atoms with Gasteiger partial charge in [-0.3, -0.25) is 0 Å². The summed E-state index contributed by atoms with van der Waals surface area (Å²) >= 11 is 0. The van der Waals surface area contributed by atoms with Crippen molar-refractivity contribution in [2.45, 2.75) is 51.2 Å². The molecule has 1 saturated heterocycles. The first-order chi connectivity index (χ1) is 9.79. The molecule has 3 heteroatoms. The van der Waals surface area contributed by atoms with Crippen molar-refractivity contribution >= 4 is 6.16 Å². The molecule has 0 bridgehead atoms. The zero-order chi connectivity index (χ0) is 14.2. The van der Waals surface area contributed by atoms with Gasteiger partial charge in [0.05, 0.1) is 0 Å². The van der Waals surface area contributed by atoms with Gasteiger partial charge in [0.25, 0.3) is 0 Å². The topological polar surface area (TPSA) is 35.5 Å². The van der Waals surface area contributed by atoms with Crippen molar-refractivity contribution in [3.05, 3.63) is 48.0 Å². The molecule has 1 fully saturated rings. The van der Waals surface area contributed by atoms with E-state index in [9.17, 15) is 4.79 Å². The van der Waals surface area contributed by atoms with Gasteiger partial charge in [-0.2, -0.15) is 0 Å². The lowest BCUT2D eigenvalue weighted by Gasteiger charge is -2.27. The van der Waals surface area contributed by atoms with E-state index in [1.807, 2.05) is 36.4 Å². The number of hydrogen-bond donors (Lipinski definition) is 0. The Kier molecular flexibility index (Phi) is 5.66. The highest BCUT2D eigenvalue weighted by Gasteiger charge is 2.29. The number of ether oxygens (including phenoxy) is 2. The summed E-state index contributed by atoms with van der Waals surface area (Å²) in [5.41, 5.74) is 1.02. The second-order valence-corrected chi connectivity index (χ2v) is 5.08. The van der Waals surface area contributed by atoms with Gasteiger partial charge in [-0.25, -0.2) is 4.79 Å². The molecule has 20 heavy (non-hydrogen) atoms. The maximum absolute atomic E-state index is 11.5. The van der Waals surface area contributed by atoms with Crippen LogP contribution >= 0.6 is 0 Å². The summed E-state index contributed by atoms with van der Waals surface area (Å²) in [6.45, 7) is 2.19. The molecule has 1 aliphatic rings. The number of unbranched alkanes of at least 4 members (excludes halogenated alkanes) is 3. The molecule has 1 aliphatic heterocycles. The van der Waals surface area contributed by atoms with Crippen LogP contribution in [0.5, 0.6) is 0 Å². The highest BCUT2D eigenvalue weighted by molar-refractivity contribution is 5.61. The van der Waals surface area contributed by atoms with Gasteiger partial charge >= 0.3 is 6.16 Å². The Balaban J connectivity index is 1.90. The molecule has 0 spiro atoms. The van der Waals surface area contributed by atoms with Gasteiger partial charge in [-0.1, -0.05) is 56.2 Å².